The zero-order valence-electron chi connectivity index (χ0n) is 14.1. The van der Waals surface area contributed by atoms with E-state index in [1.165, 1.54) is 30.2 Å². The van der Waals surface area contributed by atoms with Crippen molar-refractivity contribution in [2.75, 3.05) is 4.90 Å². The van der Waals surface area contributed by atoms with Crippen LogP contribution >= 0.6 is 11.3 Å². The number of esters is 1. The lowest BCUT2D eigenvalue weighted by molar-refractivity contribution is -0.115. The van der Waals surface area contributed by atoms with Gasteiger partial charge in [-0.2, -0.15) is 0 Å². The van der Waals surface area contributed by atoms with E-state index in [-0.39, 0.29) is 24.0 Å². The van der Waals surface area contributed by atoms with Gasteiger partial charge in [-0.25, -0.2) is 14.2 Å². The Bertz CT molecular complexity index is 950. The number of hydrogen-bond acceptors (Lipinski definition) is 6. The SMILES string of the molecule is CC(=O)N(c1nc(COC(=O)c2occc2C)cs1)c1ccccc1F. The Morgan fingerprint density at radius 2 is 2.08 bits per heavy atom. The monoisotopic (exact) mass is 374 g/mol. The Morgan fingerprint density at radius 1 is 1.31 bits per heavy atom. The second-order valence-corrected chi connectivity index (χ2v) is 6.27. The van der Waals surface area contributed by atoms with Crippen LogP contribution in [-0.2, 0) is 16.1 Å². The van der Waals surface area contributed by atoms with E-state index in [1.807, 2.05) is 0 Å². The number of carbonyl (C=O) groups excluding carboxylic acids is 2. The number of nitrogens with zero attached hydrogens (tertiary/aromatic N) is 2. The van der Waals surface area contributed by atoms with Gasteiger partial charge in [-0.05, 0) is 25.1 Å². The summed E-state index contributed by atoms with van der Waals surface area (Å²) >= 11 is 1.15. The number of hydrogen-bond donors (Lipinski definition) is 0. The van der Waals surface area contributed by atoms with Crippen LogP contribution in [0.25, 0.3) is 0 Å². The molecule has 0 N–H and O–H groups in total. The van der Waals surface area contributed by atoms with Gasteiger partial charge in [0.25, 0.3) is 0 Å². The molecule has 0 aliphatic carbocycles. The highest BCUT2D eigenvalue weighted by molar-refractivity contribution is 7.14. The Balaban J connectivity index is 1.76. The van der Waals surface area contributed by atoms with Crippen molar-refractivity contribution in [3.63, 3.8) is 0 Å². The first kappa shape index (κ1) is 17.8. The van der Waals surface area contributed by atoms with Crippen LogP contribution in [0.5, 0.6) is 0 Å². The van der Waals surface area contributed by atoms with Crippen molar-refractivity contribution in [2.45, 2.75) is 20.5 Å². The minimum Gasteiger partial charge on any atom is -0.457 e. The van der Waals surface area contributed by atoms with Crippen LogP contribution in [0, 0.1) is 12.7 Å². The standard InChI is InChI=1S/C18H15FN2O4S/c1-11-7-8-24-16(11)17(23)25-9-13-10-26-18(20-13)21(12(2)22)15-6-4-3-5-14(15)19/h3-8,10H,9H2,1-2H3. The molecule has 8 heteroatoms. The molecule has 0 atom stereocenters. The first-order chi connectivity index (χ1) is 12.5. The molecule has 2 heterocycles. The number of benzene rings is 1. The number of halogens is 1. The fraction of sp³-hybridized carbons (Fsp3) is 0.167. The van der Waals surface area contributed by atoms with Crippen molar-refractivity contribution in [2.24, 2.45) is 0 Å². The summed E-state index contributed by atoms with van der Waals surface area (Å²) in [5.74, 6) is -1.37. The molecule has 6 nitrogen and oxygen atoms in total. The first-order valence-electron chi connectivity index (χ1n) is 7.68. The van der Waals surface area contributed by atoms with E-state index in [2.05, 4.69) is 4.98 Å². The van der Waals surface area contributed by atoms with Gasteiger partial charge in [0.05, 0.1) is 17.6 Å². The molecule has 1 aromatic carbocycles. The summed E-state index contributed by atoms with van der Waals surface area (Å²) in [5, 5.41) is 1.94. The topological polar surface area (TPSA) is 72.6 Å². The second kappa shape index (κ2) is 7.49. The summed E-state index contributed by atoms with van der Waals surface area (Å²) in [6.45, 7) is 2.98. The van der Waals surface area contributed by atoms with Gasteiger partial charge < -0.3 is 9.15 Å². The number of thiazole rings is 1. The normalized spacial score (nSPS) is 10.6. The third-order valence-corrected chi connectivity index (χ3v) is 4.41. The zero-order valence-corrected chi connectivity index (χ0v) is 14.9. The summed E-state index contributed by atoms with van der Waals surface area (Å²) < 4.78 is 24.3. The molecule has 3 rings (SSSR count). The molecule has 0 aliphatic heterocycles. The number of aromatic nitrogens is 1. The molecular weight excluding hydrogens is 359 g/mol. The van der Waals surface area contributed by atoms with Crippen LogP contribution in [0.1, 0.15) is 28.7 Å². The lowest BCUT2D eigenvalue weighted by Crippen LogP contribution is -2.23. The summed E-state index contributed by atoms with van der Waals surface area (Å²) in [4.78, 5) is 29.4. The second-order valence-electron chi connectivity index (χ2n) is 5.44. The van der Waals surface area contributed by atoms with Gasteiger partial charge in [-0.3, -0.25) is 9.69 Å². The van der Waals surface area contributed by atoms with E-state index < -0.39 is 11.8 Å². The van der Waals surface area contributed by atoms with Crippen LogP contribution in [-0.4, -0.2) is 16.9 Å². The van der Waals surface area contributed by atoms with Crippen LogP contribution < -0.4 is 4.90 Å². The molecule has 26 heavy (non-hydrogen) atoms. The van der Waals surface area contributed by atoms with E-state index in [0.29, 0.717) is 16.4 Å². The lowest BCUT2D eigenvalue weighted by atomic mass is 10.3. The molecule has 0 fully saturated rings. The molecule has 0 bridgehead atoms. The van der Waals surface area contributed by atoms with Crippen LogP contribution in [0.2, 0.25) is 0 Å². The fourth-order valence-corrected chi connectivity index (χ4v) is 3.16. The molecule has 0 radical (unpaired) electrons. The minimum absolute atomic E-state index is 0.0848. The molecule has 0 spiro atoms. The average Bonchev–Trinajstić information content (AvgIpc) is 3.23. The van der Waals surface area contributed by atoms with Crippen molar-refractivity contribution >= 4 is 34.0 Å². The van der Waals surface area contributed by atoms with Gasteiger partial charge in [0, 0.05) is 17.9 Å². The van der Waals surface area contributed by atoms with Gasteiger partial charge >= 0.3 is 5.97 Å². The predicted molar refractivity (Wildman–Crippen MR) is 93.9 cm³/mol. The zero-order chi connectivity index (χ0) is 18.7. The molecular formula is C18H15FN2O4S. The Kier molecular flexibility index (Phi) is 5.13. The highest BCUT2D eigenvalue weighted by atomic mass is 32.1. The van der Waals surface area contributed by atoms with Crippen LogP contribution in [0.15, 0.2) is 46.4 Å². The van der Waals surface area contributed by atoms with E-state index in [9.17, 15) is 14.0 Å². The third-order valence-electron chi connectivity index (χ3n) is 3.54. The van der Waals surface area contributed by atoms with Gasteiger partial charge in [-0.15, -0.1) is 11.3 Å². The molecule has 0 saturated heterocycles. The van der Waals surface area contributed by atoms with Crippen LogP contribution in [0.3, 0.4) is 0 Å². The van der Waals surface area contributed by atoms with E-state index in [0.717, 1.165) is 11.3 Å². The Morgan fingerprint density at radius 3 is 2.73 bits per heavy atom. The molecule has 3 aromatic rings. The number of ether oxygens (including phenoxy) is 1. The highest BCUT2D eigenvalue weighted by Crippen LogP contribution is 2.30. The number of anilines is 2. The first-order valence-corrected chi connectivity index (χ1v) is 8.56. The maximum absolute atomic E-state index is 14.0. The van der Waals surface area contributed by atoms with Gasteiger partial charge in [0.2, 0.25) is 11.7 Å². The lowest BCUT2D eigenvalue weighted by Gasteiger charge is -2.18. The van der Waals surface area contributed by atoms with E-state index >= 15 is 0 Å². The number of carbonyl (C=O) groups is 2. The number of furan rings is 1. The number of rotatable bonds is 5. The average molecular weight is 374 g/mol. The molecule has 0 aliphatic rings. The minimum atomic E-state index is -0.598. The van der Waals surface area contributed by atoms with Crippen molar-refractivity contribution in [1.29, 1.82) is 0 Å². The number of aryl methyl sites for hydroxylation is 1. The Labute approximate surface area is 152 Å². The molecule has 0 unspecified atom stereocenters. The maximum atomic E-state index is 14.0. The summed E-state index contributed by atoms with van der Waals surface area (Å²) in [6, 6.07) is 7.61. The molecule has 0 saturated carbocycles. The summed E-state index contributed by atoms with van der Waals surface area (Å²) in [6.07, 6.45) is 1.41. The summed E-state index contributed by atoms with van der Waals surface area (Å²) in [7, 11) is 0. The quantitative estimate of drug-likeness (QED) is 0.625. The van der Waals surface area contributed by atoms with Crippen LogP contribution in [0.4, 0.5) is 15.2 Å². The van der Waals surface area contributed by atoms with Gasteiger partial charge in [0.15, 0.2) is 5.13 Å². The largest absolute Gasteiger partial charge is 0.457 e. The number of amides is 1. The van der Waals surface area contributed by atoms with E-state index in [1.54, 1.807) is 30.5 Å². The molecule has 134 valence electrons. The molecule has 2 aromatic heterocycles. The van der Waals surface area contributed by atoms with Crippen molar-refractivity contribution in [3.8, 4) is 0 Å². The van der Waals surface area contributed by atoms with Crippen molar-refractivity contribution in [3.05, 3.63) is 64.8 Å². The summed E-state index contributed by atoms with van der Waals surface area (Å²) in [5.41, 5.74) is 1.24. The predicted octanol–water partition coefficient (Wildman–Crippen LogP) is 4.23. The third kappa shape index (κ3) is 3.65. The highest BCUT2D eigenvalue weighted by Gasteiger charge is 2.21. The molecule has 1 amide bonds. The van der Waals surface area contributed by atoms with E-state index in [4.69, 9.17) is 9.15 Å². The fourth-order valence-electron chi connectivity index (χ4n) is 2.29. The maximum Gasteiger partial charge on any atom is 0.374 e. The van der Waals surface area contributed by atoms with Crippen molar-refractivity contribution < 1.29 is 23.1 Å². The van der Waals surface area contributed by atoms with Crippen molar-refractivity contribution in [1.82, 2.24) is 4.98 Å². The van der Waals surface area contributed by atoms with Gasteiger partial charge in [0.1, 0.15) is 12.4 Å². The smallest absolute Gasteiger partial charge is 0.374 e. The number of para-hydroxylation sites is 1. The Hall–Kier alpha value is -3.00. The van der Waals surface area contributed by atoms with Gasteiger partial charge in [-0.1, -0.05) is 12.1 Å².